The average Bonchev–Trinajstić information content (AvgIpc) is 2.74. The van der Waals surface area contributed by atoms with Crippen molar-refractivity contribution >= 4 is 19.2 Å². The summed E-state index contributed by atoms with van der Waals surface area (Å²) >= 11 is 0. The third-order valence-electron chi connectivity index (χ3n) is 6.56. The Morgan fingerprint density at radius 3 is 2.34 bits per heavy atom. The second kappa shape index (κ2) is 11.2. The summed E-state index contributed by atoms with van der Waals surface area (Å²) < 4.78 is 11.4. The molecule has 1 N–H and O–H groups in total. The van der Waals surface area contributed by atoms with Gasteiger partial charge < -0.3 is 14.5 Å². The molecular weight excluding hydrogens is 418 g/mol. The van der Waals surface area contributed by atoms with Crippen LogP contribution >= 0.6 is 0 Å². The van der Waals surface area contributed by atoms with Gasteiger partial charge in [0.05, 0.1) is 12.6 Å². The first kappa shape index (κ1) is 26.2. The average molecular weight is 458 g/mol. The molecule has 0 bridgehead atoms. The summed E-state index contributed by atoms with van der Waals surface area (Å²) in [4.78, 5) is 2.57. The van der Waals surface area contributed by atoms with Crippen LogP contribution in [0.4, 0.5) is 0 Å². The molecule has 0 amide bonds. The van der Waals surface area contributed by atoms with Crippen molar-refractivity contribution in [2.75, 3.05) is 33.4 Å². The molecule has 1 saturated heterocycles. The lowest BCUT2D eigenvalue weighted by atomic mass is 10.1. The zero-order chi connectivity index (χ0) is 23.9. The number of fused-ring (bicyclic) bond motifs is 1. The van der Waals surface area contributed by atoms with Crippen molar-refractivity contribution in [1.29, 1.82) is 5.26 Å². The number of benzene rings is 1. The van der Waals surface area contributed by atoms with E-state index in [0.29, 0.717) is 22.9 Å². The smallest absolute Gasteiger partial charge is 0.205 e. The van der Waals surface area contributed by atoms with E-state index < -0.39 is 8.32 Å². The predicted octanol–water partition coefficient (Wildman–Crippen LogP) is 4.20. The number of nitriles is 1. The monoisotopic (exact) mass is 457 g/mol. The standard InChI is InChI=1S/C14H32N2OSi.C10H7N3O/c1-12-10-15-11-13(2)16(12)8-9-17-18(6,7)14(3,4)5;1-14-10-7-4-2-3-5-8(7)12-13-9(10)6-11/h12-13,15H,8-11H2,1-7H3;2-5H,1H3/t12-,13+;. The highest BCUT2D eigenvalue weighted by atomic mass is 28.4. The van der Waals surface area contributed by atoms with Crippen molar-refractivity contribution < 1.29 is 9.16 Å². The number of aromatic nitrogens is 2. The summed E-state index contributed by atoms with van der Waals surface area (Å²) in [5.41, 5.74) is 0.939. The lowest BCUT2D eigenvalue weighted by molar-refractivity contribution is 0.0935. The summed E-state index contributed by atoms with van der Waals surface area (Å²) in [6.45, 7) is 20.3. The van der Waals surface area contributed by atoms with E-state index in [1.165, 1.54) is 7.11 Å². The van der Waals surface area contributed by atoms with Gasteiger partial charge in [-0.15, -0.1) is 10.2 Å². The van der Waals surface area contributed by atoms with E-state index in [9.17, 15) is 0 Å². The van der Waals surface area contributed by atoms with E-state index in [0.717, 1.165) is 37.1 Å². The minimum Gasteiger partial charge on any atom is -0.493 e. The van der Waals surface area contributed by atoms with Gasteiger partial charge in [0.2, 0.25) is 5.69 Å². The zero-order valence-electron chi connectivity index (χ0n) is 20.9. The number of ether oxygens (including phenoxy) is 1. The van der Waals surface area contributed by atoms with Crippen LogP contribution in [0.15, 0.2) is 24.3 Å². The molecule has 2 aromatic rings. The maximum atomic E-state index is 8.78. The van der Waals surface area contributed by atoms with Crippen LogP contribution in [0.5, 0.6) is 5.75 Å². The summed E-state index contributed by atoms with van der Waals surface area (Å²) in [7, 11) is -0.0576. The molecule has 1 aliphatic rings. The molecule has 0 saturated carbocycles. The van der Waals surface area contributed by atoms with Crippen molar-refractivity contribution in [2.45, 2.75) is 64.8 Å². The fourth-order valence-corrected chi connectivity index (χ4v) is 4.58. The molecule has 7 nitrogen and oxygen atoms in total. The van der Waals surface area contributed by atoms with Crippen LogP contribution < -0.4 is 10.1 Å². The molecule has 1 fully saturated rings. The van der Waals surface area contributed by atoms with Crippen LogP contribution in [-0.4, -0.2) is 68.8 Å². The second-order valence-corrected chi connectivity index (χ2v) is 14.7. The second-order valence-electron chi connectivity index (χ2n) is 9.91. The molecule has 0 spiro atoms. The fourth-order valence-electron chi connectivity index (χ4n) is 3.54. The predicted molar refractivity (Wildman–Crippen MR) is 132 cm³/mol. The van der Waals surface area contributed by atoms with E-state index in [2.05, 4.69) is 68.1 Å². The fraction of sp³-hybridized carbons (Fsp3) is 0.625. The molecule has 0 aliphatic carbocycles. The van der Waals surface area contributed by atoms with Gasteiger partial charge in [0, 0.05) is 43.7 Å². The van der Waals surface area contributed by atoms with Gasteiger partial charge in [0.25, 0.3) is 0 Å². The molecule has 0 radical (unpaired) electrons. The van der Waals surface area contributed by atoms with Gasteiger partial charge in [-0.3, -0.25) is 4.90 Å². The van der Waals surface area contributed by atoms with Crippen molar-refractivity contribution in [3.05, 3.63) is 30.0 Å². The number of hydrogen-bond acceptors (Lipinski definition) is 7. The van der Waals surface area contributed by atoms with Gasteiger partial charge in [-0.2, -0.15) is 5.26 Å². The molecule has 1 aromatic carbocycles. The number of nitrogens with zero attached hydrogens (tertiary/aromatic N) is 4. The maximum absolute atomic E-state index is 8.78. The SMILES string of the molecule is COc1c(C#N)nnc2ccccc12.C[C@@H]1CNC[C@H](C)N1CCO[Si](C)(C)C(C)(C)C. The Bertz CT molecular complexity index is 913. The van der Waals surface area contributed by atoms with Gasteiger partial charge in [-0.05, 0) is 44.1 Å². The highest BCUT2D eigenvalue weighted by molar-refractivity contribution is 6.74. The van der Waals surface area contributed by atoms with Crippen molar-refractivity contribution in [3.8, 4) is 11.8 Å². The Balaban J connectivity index is 0.000000233. The Morgan fingerprint density at radius 2 is 1.78 bits per heavy atom. The summed E-state index contributed by atoms with van der Waals surface area (Å²) in [6.07, 6.45) is 0. The van der Waals surface area contributed by atoms with Crippen LogP contribution in [0.1, 0.15) is 40.3 Å². The van der Waals surface area contributed by atoms with Crippen molar-refractivity contribution in [3.63, 3.8) is 0 Å². The number of nitrogens with one attached hydrogen (secondary N) is 1. The summed E-state index contributed by atoms with van der Waals surface area (Å²) in [5, 5.41) is 21.0. The van der Waals surface area contributed by atoms with Crippen molar-refractivity contribution in [1.82, 2.24) is 20.4 Å². The number of piperazine rings is 1. The number of methoxy groups -OCH3 is 1. The summed E-state index contributed by atoms with van der Waals surface area (Å²) in [5.74, 6) is 0.484. The molecule has 32 heavy (non-hydrogen) atoms. The molecule has 1 aromatic heterocycles. The molecule has 1 aliphatic heterocycles. The van der Waals surface area contributed by atoms with E-state index in [1.54, 1.807) is 0 Å². The quantitative estimate of drug-likeness (QED) is 0.674. The van der Waals surface area contributed by atoms with Gasteiger partial charge in [-0.25, -0.2) is 0 Å². The van der Waals surface area contributed by atoms with Gasteiger partial charge in [0.15, 0.2) is 14.1 Å². The largest absolute Gasteiger partial charge is 0.493 e. The third-order valence-corrected chi connectivity index (χ3v) is 11.1. The third kappa shape index (κ3) is 6.48. The number of rotatable bonds is 5. The molecule has 0 unspecified atom stereocenters. The first-order valence-corrected chi connectivity index (χ1v) is 14.2. The van der Waals surface area contributed by atoms with E-state index >= 15 is 0 Å². The lowest BCUT2D eigenvalue weighted by Gasteiger charge is -2.41. The Hall–Kier alpha value is -2.05. The topological polar surface area (TPSA) is 83.3 Å². The molecule has 2 atom stereocenters. The van der Waals surface area contributed by atoms with E-state index in [-0.39, 0.29) is 5.69 Å². The first-order valence-electron chi connectivity index (χ1n) is 11.3. The minimum absolute atomic E-state index is 0.214. The van der Waals surface area contributed by atoms with Crippen LogP contribution in [0.2, 0.25) is 18.1 Å². The van der Waals surface area contributed by atoms with Crippen LogP contribution in [0.3, 0.4) is 0 Å². The van der Waals surface area contributed by atoms with Gasteiger partial charge in [-0.1, -0.05) is 32.9 Å². The van der Waals surface area contributed by atoms with Crippen LogP contribution in [0, 0.1) is 11.3 Å². The zero-order valence-corrected chi connectivity index (χ0v) is 21.9. The van der Waals surface area contributed by atoms with E-state index in [1.807, 2.05) is 30.3 Å². The highest BCUT2D eigenvalue weighted by Crippen LogP contribution is 2.36. The highest BCUT2D eigenvalue weighted by Gasteiger charge is 2.37. The minimum atomic E-state index is -1.58. The molecule has 176 valence electrons. The van der Waals surface area contributed by atoms with Gasteiger partial charge >= 0.3 is 0 Å². The van der Waals surface area contributed by atoms with Crippen LogP contribution in [-0.2, 0) is 4.43 Å². The normalized spacial score (nSPS) is 19.7. The first-order chi connectivity index (χ1) is 15.0. The van der Waals surface area contributed by atoms with Gasteiger partial charge in [0.1, 0.15) is 6.07 Å². The Kier molecular flexibility index (Phi) is 9.16. The Morgan fingerprint density at radius 1 is 1.16 bits per heavy atom. The maximum Gasteiger partial charge on any atom is 0.205 e. The van der Waals surface area contributed by atoms with Crippen molar-refractivity contribution in [2.24, 2.45) is 0 Å². The lowest BCUT2D eigenvalue weighted by Crippen LogP contribution is -2.56. The van der Waals surface area contributed by atoms with E-state index in [4.69, 9.17) is 14.4 Å². The molecule has 2 heterocycles. The summed E-state index contributed by atoms with van der Waals surface area (Å²) in [6, 6.07) is 10.6. The molecule has 3 rings (SSSR count). The molecule has 8 heteroatoms. The Labute approximate surface area is 194 Å². The molecular formula is C24H39N5O2Si. The van der Waals surface area contributed by atoms with Crippen LogP contribution in [0.25, 0.3) is 10.9 Å². The number of hydrogen-bond donors (Lipinski definition) is 1.